The molecule has 1 aromatic heterocycles. The molecule has 1 atom stereocenters. The number of unbranched alkanes of at least 4 members (excludes halogenated alkanes) is 1. The average Bonchev–Trinajstić information content (AvgIpc) is 3.47. The van der Waals surface area contributed by atoms with Gasteiger partial charge in [-0.3, -0.25) is 9.59 Å². The number of carbonyl (C=O) groups is 2. The molecule has 5 heteroatoms. The SMILES string of the molecule is CCCCN(CC(=O)N1CCc2sccc2[C@H]1c1ccc(C)cc1)C(=O)C1CC1. The van der Waals surface area contributed by atoms with Crippen molar-refractivity contribution in [1.29, 1.82) is 0 Å². The minimum atomic E-state index is -0.0536. The number of aryl methyl sites for hydroxylation is 1. The third-order valence-electron chi connectivity index (χ3n) is 6.03. The van der Waals surface area contributed by atoms with E-state index in [-0.39, 0.29) is 30.3 Å². The number of hydrogen-bond donors (Lipinski definition) is 0. The Morgan fingerprint density at radius 2 is 1.93 bits per heavy atom. The summed E-state index contributed by atoms with van der Waals surface area (Å²) >= 11 is 1.78. The normalized spacial score (nSPS) is 18.4. The Kier molecular flexibility index (Phi) is 6.04. The first-order valence-electron chi connectivity index (χ1n) is 10.8. The van der Waals surface area contributed by atoms with Gasteiger partial charge in [0, 0.05) is 23.9 Å². The molecule has 0 unspecified atom stereocenters. The molecule has 0 saturated heterocycles. The molecule has 1 aliphatic carbocycles. The maximum Gasteiger partial charge on any atom is 0.242 e. The van der Waals surface area contributed by atoms with E-state index in [1.165, 1.54) is 16.0 Å². The Bertz CT molecular complexity index is 869. The minimum absolute atomic E-state index is 0.0536. The predicted octanol–water partition coefficient (Wildman–Crippen LogP) is 4.57. The van der Waals surface area contributed by atoms with E-state index in [1.807, 2.05) is 9.80 Å². The highest BCUT2D eigenvalue weighted by Gasteiger charge is 2.37. The van der Waals surface area contributed by atoms with Crippen LogP contribution < -0.4 is 0 Å². The zero-order valence-corrected chi connectivity index (χ0v) is 18.2. The molecule has 154 valence electrons. The van der Waals surface area contributed by atoms with Crippen LogP contribution >= 0.6 is 11.3 Å². The zero-order valence-electron chi connectivity index (χ0n) is 17.4. The van der Waals surface area contributed by atoms with E-state index in [4.69, 9.17) is 0 Å². The molecule has 29 heavy (non-hydrogen) atoms. The maximum absolute atomic E-state index is 13.4. The third-order valence-corrected chi connectivity index (χ3v) is 7.02. The fraction of sp³-hybridized carbons (Fsp3) is 0.500. The van der Waals surface area contributed by atoms with Gasteiger partial charge in [-0.25, -0.2) is 0 Å². The Balaban J connectivity index is 1.58. The van der Waals surface area contributed by atoms with Gasteiger partial charge in [0.15, 0.2) is 0 Å². The van der Waals surface area contributed by atoms with E-state index in [2.05, 4.69) is 49.6 Å². The van der Waals surface area contributed by atoms with Crippen LogP contribution in [0.5, 0.6) is 0 Å². The smallest absolute Gasteiger partial charge is 0.242 e. The van der Waals surface area contributed by atoms with Crippen molar-refractivity contribution in [3.05, 3.63) is 57.3 Å². The summed E-state index contributed by atoms with van der Waals surface area (Å²) in [6, 6.07) is 10.6. The molecule has 1 saturated carbocycles. The van der Waals surface area contributed by atoms with Crippen LogP contribution in [0, 0.1) is 12.8 Å². The van der Waals surface area contributed by atoms with Gasteiger partial charge < -0.3 is 9.80 Å². The van der Waals surface area contributed by atoms with Crippen LogP contribution in [0.3, 0.4) is 0 Å². The summed E-state index contributed by atoms with van der Waals surface area (Å²) in [4.78, 5) is 31.4. The van der Waals surface area contributed by atoms with Crippen molar-refractivity contribution >= 4 is 23.2 Å². The number of nitrogens with zero attached hydrogens (tertiary/aromatic N) is 2. The van der Waals surface area contributed by atoms with E-state index < -0.39 is 0 Å². The molecular weight excluding hydrogens is 380 g/mol. The van der Waals surface area contributed by atoms with E-state index >= 15 is 0 Å². The van der Waals surface area contributed by atoms with Crippen LogP contribution in [-0.4, -0.2) is 41.2 Å². The van der Waals surface area contributed by atoms with E-state index in [0.29, 0.717) is 13.1 Å². The van der Waals surface area contributed by atoms with Crippen molar-refractivity contribution in [2.75, 3.05) is 19.6 Å². The molecule has 2 amide bonds. The van der Waals surface area contributed by atoms with Crippen molar-refractivity contribution < 1.29 is 9.59 Å². The fourth-order valence-corrected chi connectivity index (χ4v) is 5.06. The Labute approximate surface area is 177 Å². The van der Waals surface area contributed by atoms with E-state index in [1.54, 1.807) is 11.3 Å². The highest BCUT2D eigenvalue weighted by Crippen LogP contribution is 2.38. The summed E-state index contributed by atoms with van der Waals surface area (Å²) in [6.07, 6.45) is 4.82. The first-order valence-corrected chi connectivity index (χ1v) is 11.7. The lowest BCUT2D eigenvalue weighted by Crippen LogP contribution is -2.47. The van der Waals surface area contributed by atoms with Crippen molar-refractivity contribution in [3.63, 3.8) is 0 Å². The number of amides is 2. The highest BCUT2D eigenvalue weighted by atomic mass is 32.1. The second-order valence-corrected chi connectivity index (χ2v) is 9.34. The molecule has 2 aliphatic rings. The van der Waals surface area contributed by atoms with Crippen LogP contribution in [0.2, 0.25) is 0 Å². The van der Waals surface area contributed by atoms with Gasteiger partial charge in [0.05, 0.1) is 12.6 Å². The van der Waals surface area contributed by atoms with Crippen molar-refractivity contribution in [3.8, 4) is 0 Å². The quantitative estimate of drug-likeness (QED) is 0.671. The molecule has 1 fully saturated rings. The van der Waals surface area contributed by atoms with Crippen molar-refractivity contribution in [2.24, 2.45) is 5.92 Å². The molecule has 0 radical (unpaired) electrons. The molecule has 0 N–H and O–H groups in total. The Morgan fingerprint density at radius 1 is 1.17 bits per heavy atom. The predicted molar refractivity (Wildman–Crippen MR) is 117 cm³/mol. The first-order chi connectivity index (χ1) is 14.1. The maximum atomic E-state index is 13.4. The zero-order chi connectivity index (χ0) is 20.4. The summed E-state index contributed by atoms with van der Waals surface area (Å²) in [5.74, 6) is 0.391. The molecule has 2 aromatic rings. The van der Waals surface area contributed by atoms with Gasteiger partial charge in [-0.15, -0.1) is 11.3 Å². The Hall–Kier alpha value is -2.14. The van der Waals surface area contributed by atoms with Gasteiger partial charge >= 0.3 is 0 Å². The van der Waals surface area contributed by atoms with Gasteiger partial charge in [0.1, 0.15) is 0 Å². The molecule has 4 nitrogen and oxygen atoms in total. The second-order valence-electron chi connectivity index (χ2n) is 8.34. The van der Waals surface area contributed by atoms with Crippen LogP contribution in [0.15, 0.2) is 35.7 Å². The highest BCUT2D eigenvalue weighted by molar-refractivity contribution is 7.10. The van der Waals surface area contributed by atoms with Gasteiger partial charge in [-0.05, 0) is 55.2 Å². The third kappa shape index (κ3) is 4.40. The first kappa shape index (κ1) is 20.1. The molecule has 4 rings (SSSR count). The lowest BCUT2D eigenvalue weighted by atomic mass is 9.92. The number of benzene rings is 1. The van der Waals surface area contributed by atoms with Crippen LogP contribution in [0.4, 0.5) is 0 Å². The lowest BCUT2D eigenvalue weighted by molar-refractivity contribution is -0.142. The van der Waals surface area contributed by atoms with E-state index in [9.17, 15) is 9.59 Å². The summed E-state index contributed by atoms with van der Waals surface area (Å²) in [7, 11) is 0. The standard InChI is InChI=1S/C24H30N2O2S/c1-3-4-13-25(24(28)19-9-10-19)16-22(27)26-14-11-21-20(12-15-29-21)23(26)18-7-5-17(2)6-8-18/h5-8,12,15,19,23H,3-4,9-11,13-14,16H2,1-2H3/t23-/m1/s1. The Morgan fingerprint density at radius 3 is 2.62 bits per heavy atom. The van der Waals surface area contributed by atoms with Crippen molar-refractivity contribution in [2.45, 2.75) is 52.0 Å². The summed E-state index contributed by atoms with van der Waals surface area (Å²) < 4.78 is 0. The number of carbonyl (C=O) groups excluding carboxylic acids is 2. The molecule has 0 spiro atoms. The summed E-state index contributed by atoms with van der Waals surface area (Å²) in [5.41, 5.74) is 3.61. The van der Waals surface area contributed by atoms with Crippen LogP contribution in [0.25, 0.3) is 0 Å². The lowest BCUT2D eigenvalue weighted by Gasteiger charge is -2.37. The van der Waals surface area contributed by atoms with Gasteiger partial charge in [-0.2, -0.15) is 0 Å². The second kappa shape index (κ2) is 8.70. The molecular formula is C24H30N2O2S. The van der Waals surface area contributed by atoms with Gasteiger partial charge in [0.2, 0.25) is 11.8 Å². The van der Waals surface area contributed by atoms with Crippen LogP contribution in [0.1, 0.15) is 60.2 Å². The van der Waals surface area contributed by atoms with Crippen molar-refractivity contribution in [1.82, 2.24) is 9.80 Å². The summed E-state index contributed by atoms with van der Waals surface area (Å²) in [6.45, 7) is 5.81. The topological polar surface area (TPSA) is 40.6 Å². The van der Waals surface area contributed by atoms with Gasteiger partial charge in [-0.1, -0.05) is 43.2 Å². The van der Waals surface area contributed by atoms with Gasteiger partial charge in [0.25, 0.3) is 0 Å². The largest absolute Gasteiger partial charge is 0.333 e. The number of rotatable bonds is 7. The van der Waals surface area contributed by atoms with E-state index in [0.717, 1.165) is 37.7 Å². The average molecular weight is 411 g/mol. The molecule has 1 aromatic carbocycles. The fourth-order valence-electron chi connectivity index (χ4n) is 4.15. The van der Waals surface area contributed by atoms with Crippen LogP contribution in [-0.2, 0) is 16.0 Å². The minimum Gasteiger partial charge on any atom is -0.333 e. The summed E-state index contributed by atoms with van der Waals surface area (Å²) in [5, 5.41) is 2.13. The number of fused-ring (bicyclic) bond motifs is 1. The molecule has 2 heterocycles. The molecule has 0 bridgehead atoms. The number of hydrogen-bond acceptors (Lipinski definition) is 3. The molecule has 1 aliphatic heterocycles. The number of thiophene rings is 1. The monoisotopic (exact) mass is 410 g/mol.